The molecule has 23 heavy (non-hydrogen) atoms. The van der Waals surface area contributed by atoms with Crippen molar-refractivity contribution in [2.45, 2.75) is 6.61 Å². The zero-order valence-corrected chi connectivity index (χ0v) is 12.7. The maximum absolute atomic E-state index is 5.84. The van der Waals surface area contributed by atoms with E-state index in [0.717, 1.165) is 11.3 Å². The van der Waals surface area contributed by atoms with E-state index in [1.54, 1.807) is 0 Å². The van der Waals surface area contributed by atoms with Gasteiger partial charge in [0.2, 0.25) is 0 Å². The van der Waals surface area contributed by atoms with E-state index in [1.807, 2.05) is 36.5 Å². The second-order valence-electron chi connectivity index (χ2n) is 5.58. The molecule has 1 aromatic heterocycles. The molecule has 0 aliphatic carbocycles. The van der Waals surface area contributed by atoms with Gasteiger partial charge in [0.1, 0.15) is 12.4 Å². The van der Waals surface area contributed by atoms with E-state index in [2.05, 4.69) is 53.5 Å². The lowest BCUT2D eigenvalue weighted by atomic mass is 10.0. The summed E-state index contributed by atoms with van der Waals surface area (Å²) in [5.41, 5.74) is 4.75. The molecule has 0 saturated heterocycles. The van der Waals surface area contributed by atoms with Crippen molar-refractivity contribution < 1.29 is 4.74 Å². The highest BCUT2D eigenvalue weighted by Gasteiger charge is 2.02. The van der Waals surface area contributed by atoms with Crippen LogP contribution in [0.2, 0.25) is 0 Å². The molecule has 2 heteroatoms. The third-order valence-corrected chi connectivity index (χ3v) is 3.99. The van der Waals surface area contributed by atoms with E-state index >= 15 is 0 Å². The van der Waals surface area contributed by atoms with Gasteiger partial charge in [-0.1, -0.05) is 48.5 Å². The number of H-pyrrole nitrogens is 1. The molecule has 0 fully saturated rings. The molecule has 0 aliphatic heterocycles. The van der Waals surface area contributed by atoms with Crippen molar-refractivity contribution in [1.82, 2.24) is 4.98 Å². The third kappa shape index (κ3) is 2.97. The summed E-state index contributed by atoms with van der Waals surface area (Å²) in [6, 6.07) is 27.0. The molecule has 0 aliphatic rings. The monoisotopic (exact) mass is 299 g/mol. The van der Waals surface area contributed by atoms with E-state index in [9.17, 15) is 0 Å². The maximum Gasteiger partial charge on any atom is 0.119 e. The summed E-state index contributed by atoms with van der Waals surface area (Å²) in [5.74, 6) is 0.889. The zero-order valence-electron chi connectivity index (χ0n) is 12.7. The Kier molecular flexibility index (Phi) is 3.57. The smallest absolute Gasteiger partial charge is 0.119 e. The van der Waals surface area contributed by atoms with Gasteiger partial charge in [0.15, 0.2) is 0 Å². The van der Waals surface area contributed by atoms with Crippen LogP contribution in [0.15, 0.2) is 85.1 Å². The van der Waals surface area contributed by atoms with E-state index in [0.29, 0.717) is 6.61 Å². The Morgan fingerprint density at radius 2 is 1.52 bits per heavy atom. The van der Waals surface area contributed by atoms with Crippen LogP contribution in [0.3, 0.4) is 0 Å². The first kappa shape index (κ1) is 13.6. The fourth-order valence-corrected chi connectivity index (χ4v) is 2.72. The van der Waals surface area contributed by atoms with Gasteiger partial charge in [-0.2, -0.15) is 0 Å². The molecule has 0 amide bonds. The third-order valence-electron chi connectivity index (χ3n) is 3.99. The van der Waals surface area contributed by atoms with E-state index in [-0.39, 0.29) is 0 Å². The first-order valence-electron chi connectivity index (χ1n) is 7.73. The Balaban J connectivity index is 1.51. The second-order valence-corrected chi connectivity index (χ2v) is 5.58. The molecule has 1 N–H and O–H groups in total. The van der Waals surface area contributed by atoms with E-state index in [4.69, 9.17) is 4.74 Å². The number of aromatic nitrogens is 1. The summed E-state index contributed by atoms with van der Waals surface area (Å²) in [7, 11) is 0. The molecule has 0 radical (unpaired) electrons. The van der Waals surface area contributed by atoms with Gasteiger partial charge < -0.3 is 9.72 Å². The number of nitrogens with one attached hydrogen (secondary N) is 1. The lowest BCUT2D eigenvalue weighted by Crippen LogP contribution is -1.94. The Labute approximate surface area is 135 Å². The van der Waals surface area contributed by atoms with Crippen molar-refractivity contribution >= 4 is 10.9 Å². The number of hydrogen-bond acceptors (Lipinski definition) is 1. The van der Waals surface area contributed by atoms with Gasteiger partial charge in [-0.15, -0.1) is 0 Å². The molecule has 2 nitrogen and oxygen atoms in total. The highest BCUT2D eigenvalue weighted by molar-refractivity contribution is 5.85. The average molecular weight is 299 g/mol. The Hall–Kier alpha value is -3.00. The number of hydrogen-bond donors (Lipinski definition) is 1. The van der Waals surface area contributed by atoms with Crippen molar-refractivity contribution in [2.24, 2.45) is 0 Å². The summed E-state index contributed by atoms with van der Waals surface area (Å²) in [5, 5.41) is 1.23. The Bertz CT molecular complexity index is 907. The molecule has 0 saturated carbocycles. The number of benzene rings is 3. The molecule has 0 atom stereocenters. The molecular weight excluding hydrogens is 282 g/mol. The summed E-state index contributed by atoms with van der Waals surface area (Å²) < 4.78 is 5.84. The first-order valence-corrected chi connectivity index (χ1v) is 7.73. The lowest BCUT2D eigenvalue weighted by molar-refractivity contribution is 0.306. The van der Waals surface area contributed by atoms with Gasteiger partial charge in [-0.25, -0.2) is 0 Å². The number of fused-ring (bicyclic) bond motifs is 1. The summed E-state index contributed by atoms with van der Waals surface area (Å²) in [6.07, 6.45) is 1.97. The molecule has 112 valence electrons. The molecule has 0 unspecified atom stereocenters. The van der Waals surface area contributed by atoms with Crippen LogP contribution in [0.5, 0.6) is 5.75 Å². The fraction of sp³-hybridized carbons (Fsp3) is 0.0476. The second kappa shape index (κ2) is 6.01. The van der Waals surface area contributed by atoms with Gasteiger partial charge in [0, 0.05) is 11.7 Å². The van der Waals surface area contributed by atoms with Crippen LogP contribution in [0.25, 0.3) is 22.0 Å². The van der Waals surface area contributed by atoms with Crippen LogP contribution in [-0.2, 0) is 6.61 Å². The molecule has 0 spiro atoms. The molecule has 0 bridgehead atoms. The normalized spacial score (nSPS) is 10.8. The summed E-state index contributed by atoms with van der Waals surface area (Å²) in [4.78, 5) is 3.22. The van der Waals surface area contributed by atoms with Gasteiger partial charge in [0.25, 0.3) is 0 Å². The largest absolute Gasteiger partial charge is 0.489 e. The molecule has 4 rings (SSSR count). The first-order chi connectivity index (χ1) is 11.4. The van der Waals surface area contributed by atoms with Crippen molar-refractivity contribution in [1.29, 1.82) is 0 Å². The van der Waals surface area contributed by atoms with Crippen molar-refractivity contribution in [3.63, 3.8) is 0 Å². The van der Waals surface area contributed by atoms with Crippen LogP contribution < -0.4 is 4.74 Å². The van der Waals surface area contributed by atoms with Crippen LogP contribution in [-0.4, -0.2) is 4.98 Å². The van der Waals surface area contributed by atoms with Gasteiger partial charge in [0.05, 0.1) is 0 Å². The minimum Gasteiger partial charge on any atom is -0.489 e. The molecule has 4 aromatic rings. The maximum atomic E-state index is 5.84. The highest BCUT2D eigenvalue weighted by atomic mass is 16.5. The number of aromatic amines is 1. The molecule has 3 aromatic carbocycles. The number of ether oxygens (including phenoxy) is 1. The minimum atomic E-state index is 0.593. The van der Waals surface area contributed by atoms with Gasteiger partial charge >= 0.3 is 0 Å². The summed E-state index contributed by atoms with van der Waals surface area (Å²) >= 11 is 0. The summed E-state index contributed by atoms with van der Waals surface area (Å²) in [6.45, 7) is 0.593. The van der Waals surface area contributed by atoms with Crippen LogP contribution >= 0.6 is 0 Å². The predicted octanol–water partition coefficient (Wildman–Crippen LogP) is 5.41. The lowest BCUT2D eigenvalue weighted by Gasteiger charge is -2.08. The van der Waals surface area contributed by atoms with E-state index < -0.39 is 0 Å². The SMILES string of the molecule is c1ccc(COc2ccc(-c3ccc4[nH]ccc4c3)cc2)cc1. The topological polar surface area (TPSA) is 25.0 Å². The highest BCUT2D eigenvalue weighted by Crippen LogP contribution is 2.26. The molecule has 1 heterocycles. The number of rotatable bonds is 4. The van der Waals surface area contributed by atoms with E-state index in [1.165, 1.54) is 22.1 Å². The predicted molar refractivity (Wildman–Crippen MR) is 94.5 cm³/mol. The minimum absolute atomic E-state index is 0.593. The Morgan fingerprint density at radius 1 is 0.739 bits per heavy atom. The fourth-order valence-electron chi connectivity index (χ4n) is 2.72. The van der Waals surface area contributed by atoms with Crippen molar-refractivity contribution in [2.75, 3.05) is 0 Å². The van der Waals surface area contributed by atoms with Crippen molar-refractivity contribution in [3.8, 4) is 16.9 Å². The van der Waals surface area contributed by atoms with Gasteiger partial charge in [-0.05, 0) is 52.4 Å². The Morgan fingerprint density at radius 3 is 2.35 bits per heavy atom. The van der Waals surface area contributed by atoms with Crippen LogP contribution in [0.4, 0.5) is 0 Å². The standard InChI is InChI=1S/C21H17NO/c1-2-4-16(5-3-1)15-23-20-9-6-17(7-10-20)18-8-11-21-19(14-18)12-13-22-21/h1-14,22H,15H2. The zero-order chi connectivity index (χ0) is 15.5. The van der Waals surface area contributed by atoms with Gasteiger partial charge in [-0.3, -0.25) is 0 Å². The van der Waals surface area contributed by atoms with Crippen LogP contribution in [0.1, 0.15) is 5.56 Å². The van der Waals surface area contributed by atoms with Crippen LogP contribution in [0, 0.1) is 0 Å². The van der Waals surface area contributed by atoms with Crippen molar-refractivity contribution in [3.05, 3.63) is 90.6 Å². The average Bonchev–Trinajstić information content (AvgIpc) is 3.09. The quantitative estimate of drug-likeness (QED) is 0.535. The molecular formula is C21H17NO.